The molecule has 1 aliphatic heterocycles. The van der Waals surface area contributed by atoms with Crippen molar-refractivity contribution in [3.05, 3.63) is 24.5 Å². The van der Waals surface area contributed by atoms with Crippen molar-refractivity contribution in [3.8, 4) is 0 Å². The van der Waals surface area contributed by atoms with E-state index in [0.29, 0.717) is 0 Å². The zero-order valence-corrected chi connectivity index (χ0v) is 6.29. The SMILES string of the molecule is OC1(C2C=[C]C=CO2)CCC1. The van der Waals surface area contributed by atoms with Crippen molar-refractivity contribution in [1.82, 2.24) is 0 Å². The Balaban J connectivity index is 2.04. The molecule has 1 radical (unpaired) electrons. The zero-order chi connectivity index (χ0) is 7.73. The Bertz CT molecular complexity index is 202. The van der Waals surface area contributed by atoms with Gasteiger partial charge in [-0.15, -0.1) is 0 Å². The van der Waals surface area contributed by atoms with Crippen LogP contribution in [-0.4, -0.2) is 16.8 Å². The maximum absolute atomic E-state index is 9.80. The lowest BCUT2D eigenvalue weighted by molar-refractivity contribution is -0.110. The van der Waals surface area contributed by atoms with Gasteiger partial charge in [-0.25, -0.2) is 0 Å². The summed E-state index contributed by atoms with van der Waals surface area (Å²) >= 11 is 0. The van der Waals surface area contributed by atoms with Crippen LogP contribution in [0.4, 0.5) is 0 Å². The van der Waals surface area contributed by atoms with Crippen LogP contribution in [0.3, 0.4) is 0 Å². The number of ether oxygens (including phenoxy) is 1. The first-order valence-corrected chi connectivity index (χ1v) is 3.93. The third-order valence-corrected chi connectivity index (χ3v) is 2.39. The van der Waals surface area contributed by atoms with Crippen molar-refractivity contribution in [2.24, 2.45) is 0 Å². The highest BCUT2D eigenvalue weighted by Gasteiger charge is 2.42. The highest BCUT2D eigenvalue weighted by Crippen LogP contribution is 2.37. The van der Waals surface area contributed by atoms with E-state index < -0.39 is 5.60 Å². The lowest BCUT2D eigenvalue weighted by Crippen LogP contribution is -2.48. The van der Waals surface area contributed by atoms with E-state index in [1.807, 2.05) is 0 Å². The fraction of sp³-hybridized carbons (Fsp3) is 0.556. The number of hydrogen-bond donors (Lipinski definition) is 1. The fourth-order valence-corrected chi connectivity index (χ4v) is 1.45. The van der Waals surface area contributed by atoms with Gasteiger partial charge in [0.25, 0.3) is 0 Å². The summed E-state index contributed by atoms with van der Waals surface area (Å²) < 4.78 is 5.24. The lowest BCUT2D eigenvalue weighted by Gasteiger charge is -2.41. The molecule has 1 aliphatic carbocycles. The minimum atomic E-state index is -0.599. The largest absolute Gasteiger partial charge is 0.491 e. The molecule has 2 nitrogen and oxygen atoms in total. The van der Waals surface area contributed by atoms with Crippen molar-refractivity contribution in [2.75, 3.05) is 0 Å². The van der Waals surface area contributed by atoms with Gasteiger partial charge in [-0.05, 0) is 37.5 Å². The molecule has 2 rings (SSSR count). The van der Waals surface area contributed by atoms with Crippen molar-refractivity contribution in [2.45, 2.75) is 31.0 Å². The Morgan fingerprint density at radius 1 is 1.55 bits per heavy atom. The van der Waals surface area contributed by atoms with E-state index in [1.54, 1.807) is 18.4 Å². The monoisotopic (exact) mass is 151 g/mol. The standard InChI is InChI=1S/C9H11O2/c10-9(5-3-6-9)8-4-1-2-7-11-8/h2,4,7-8,10H,3,5-6H2. The third-order valence-electron chi connectivity index (χ3n) is 2.39. The zero-order valence-electron chi connectivity index (χ0n) is 6.29. The summed E-state index contributed by atoms with van der Waals surface area (Å²) in [6.07, 6.45) is 10.6. The van der Waals surface area contributed by atoms with Gasteiger partial charge in [-0.2, -0.15) is 0 Å². The van der Waals surface area contributed by atoms with Crippen LogP contribution >= 0.6 is 0 Å². The number of allylic oxidation sites excluding steroid dienone is 2. The van der Waals surface area contributed by atoms with Crippen LogP contribution in [0.15, 0.2) is 18.4 Å². The summed E-state index contributed by atoms with van der Waals surface area (Å²) in [4.78, 5) is 0. The highest BCUT2D eigenvalue weighted by atomic mass is 16.5. The van der Waals surface area contributed by atoms with Gasteiger partial charge in [-0.1, -0.05) is 0 Å². The minimum Gasteiger partial charge on any atom is -0.491 e. The molecule has 0 aromatic rings. The van der Waals surface area contributed by atoms with Crippen LogP contribution in [0.5, 0.6) is 0 Å². The minimum absolute atomic E-state index is 0.166. The Morgan fingerprint density at radius 3 is 2.82 bits per heavy atom. The molecule has 0 spiro atoms. The van der Waals surface area contributed by atoms with Gasteiger partial charge in [0.05, 0.1) is 6.26 Å². The maximum Gasteiger partial charge on any atom is 0.145 e. The highest BCUT2D eigenvalue weighted by molar-refractivity contribution is 5.10. The molecule has 0 aromatic heterocycles. The second-order valence-electron chi connectivity index (χ2n) is 3.15. The number of rotatable bonds is 1. The summed E-state index contributed by atoms with van der Waals surface area (Å²) in [5.74, 6) is 0. The Kier molecular flexibility index (Phi) is 1.50. The molecule has 0 amide bonds. The molecule has 1 atom stereocenters. The van der Waals surface area contributed by atoms with Crippen LogP contribution in [0.25, 0.3) is 0 Å². The summed E-state index contributed by atoms with van der Waals surface area (Å²) in [7, 11) is 0. The molecule has 59 valence electrons. The lowest BCUT2D eigenvalue weighted by atomic mass is 9.76. The summed E-state index contributed by atoms with van der Waals surface area (Å²) in [5, 5.41) is 9.80. The molecule has 1 unspecified atom stereocenters. The van der Waals surface area contributed by atoms with E-state index in [4.69, 9.17) is 4.74 Å². The third kappa shape index (κ3) is 1.07. The van der Waals surface area contributed by atoms with Crippen molar-refractivity contribution < 1.29 is 9.84 Å². The van der Waals surface area contributed by atoms with Crippen LogP contribution in [0, 0.1) is 6.08 Å². The van der Waals surface area contributed by atoms with Gasteiger partial charge in [0.15, 0.2) is 0 Å². The molecule has 0 aromatic carbocycles. The number of hydrogen-bond acceptors (Lipinski definition) is 2. The summed E-state index contributed by atoms with van der Waals surface area (Å²) in [6.45, 7) is 0. The Morgan fingerprint density at radius 2 is 2.36 bits per heavy atom. The molecule has 1 saturated carbocycles. The molecule has 11 heavy (non-hydrogen) atoms. The van der Waals surface area contributed by atoms with Gasteiger partial charge in [0, 0.05) is 0 Å². The number of aliphatic hydroxyl groups is 1. The summed E-state index contributed by atoms with van der Waals surface area (Å²) in [6, 6.07) is 0. The summed E-state index contributed by atoms with van der Waals surface area (Å²) in [5.41, 5.74) is -0.599. The van der Waals surface area contributed by atoms with Crippen LogP contribution < -0.4 is 0 Å². The molecule has 1 N–H and O–H groups in total. The molecule has 0 bridgehead atoms. The van der Waals surface area contributed by atoms with Crippen LogP contribution in [0.1, 0.15) is 19.3 Å². The Hall–Kier alpha value is -0.760. The molecule has 1 fully saturated rings. The first-order chi connectivity index (χ1) is 5.31. The molecule has 2 aliphatic rings. The first-order valence-electron chi connectivity index (χ1n) is 3.93. The molecular weight excluding hydrogens is 140 g/mol. The van der Waals surface area contributed by atoms with Crippen molar-refractivity contribution in [1.29, 1.82) is 0 Å². The van der Waals surface area contributed by atoms with Crippen molar-refractivity contribution >= 4 is 0 Å². The van der Waals surface area contributed by atoms with E-state index in [0.717, 1.165) is 19.3 Å². The first kappa shape index (κ1) is 6.92. The van der Waals surface area contributed by atoms with Crippen molar-refractivity contribution in [3.63, 3.8) is 0 Å². The average molecular weight is 151 g/mol. The van der Waals surface area contributed by atoms with Gasteiger partial charge in [-0.3, -0.25) is 0 Å². The molecule has 0 saturated heterocycles. The second kappa shape index (κ2) is 2.38. The van der Waals surface area contributed by atoms with E-state index in [9.17, 15) is 5.11 Å². The van der Waals surface area contributed by atoms with E-state index >= 15 is 0 Å². The topological polar surface area (TPSA) is 29.5 Å². The van der Waals surface area contributed by atoms with Crippen LogP contribution in [-0.2, 0) is 4.74 Å². The van der Waals surface area contributed by atoms with Gasteiger partial charge < -0.3 is 9.84 Å². The normalized spacial score (nSPS) is 32.6. The van der Waals surface area contributed by atoms with E-state index in [2.05, 4.69) is 6.08 Å². The average Bonchev–Trinajstić information content (AvgIpc) is 2.02. The molecule has 2 heteroatoms. The Labute approximate surface area is 66.2 Å². The smallest absolute Gasteiger partial charge is 0.145 e. The molecule has 1 heterocycles. The van der Waals surface area contributed by atoms with E-state index in [1.165, 1.54) is 0 Å². The van der Waals surface area contributed by atoms with Gasteiger partial charge in [0.2, 0.25) is 0 Å². The predicted molar refractivity (Wildman–Crippen MR) is 40.6 cm³/mol. The van der Waals surface area contributed by atoms with Gasteiger partial charge in [0.1, 0.15) is 11.7 Å². The van der Waals surface area contributed by atoms with Crippen LogP contribution in [0.2, 0.25) is 0 Å². The molecular formula is C9H11O2. The quantitative estimate of drug-likeness (QED) is 0.609. The maximum atomic E-state index is 9.80. The predicted octanol–water partition coefficient (Wildman–Crippen LogP) is 1.17. The second-order valence-corrected chi connectivity index (χ2v) is 3.15. The fourth-order valence-electron chi connectivity index (χ4n) is 1.45. The van der Waals surface area contributed by atoms with Gasteiger partial charge >= 0.3 is 0 Å². The van der Waals surface area contributed by atoms with E-state index in [-0.39, 0.29) is 6.10 Å².